The fourth-order valence-electron chi connectivity index (χ4n) is 3.56. The number of carbonyl (C=O) groups excluding carboxylic acids is 1. The van der Waals surface area contributed by atoms with Crippen LogP contribution < -0.4 is 5.32 Å². The molecule has 2 atom stereocenters. The maximum Gasteiger partial charge on any atom is 0.269 e. The lowest BCUT2D eigenvalue weighted by Gasteiger charge is -2.31. The number of nitrogens with one attached hydrogen (secondary N) is 1. The highest BCUT2D eigenvalue weighted by atomic mass is 16.5. The number of aliphatic hydroxyl groups excluding tert-OH is 1. The average molecular weight is 307 g/mol. The molecule has 22 heavy (non-hydrogen) atoms. The Bertz CT molecular complexity index is 563. The molecule has 0 unspecified atom stereocenters. The van der Waals surface area contributed by atoms with Gasteiger partial charge in [-0.25, -0.2) is 0 Å². The third kappa shape index (κ3) is 2.90. The van der Waals surface area contributed by atoms with E-state index in [4.69, 9.17) is 4.74 Å². The number of rotatable bonds is 4. The van der Waals surface area contributed by atoms with E-state index < -0.39 is 0 Å². The van der Waals surface area contributed by atoms with Crippen molar-refractivity contribution in [3.8, 4) is 0 Å². The number of nitrogens with zero attached hydrogens (tertiary/aromatic N) is 2. The van der Waals surface area contributed by atoms with Gasteiger partial charge < -0.3 is 15.2 Å². The third-order valence-electron chi connectivity index (χ3n) is 4.75. The normalized spacial score (nSPS) is 30.5. The number of aliphatic hydroxyl groups is 1. The van der Waals surface area contributed by atoms with E-state index in [2.05, 4.69) is 10.4 Å². The molecule has 1 fully saturated rings. The van der Waals surface area contributed by atoms with Crippen LogP contribution in [0.15, 0.2) is 0 Å². The molecular formula is C16H25N3O3. The monoisotopic (exact) mass is 307 g/mol. The minimum atomic E-state index is -0.132. The average Bonchev–Trinajstić information content (AvgIpc) is 2.73. The Morgan fingerprint density at radius 2 is 2.18 bits per heavy atom. The van der Waals surface area contributed by atoms with E-state index in [-0.39, 0.29) is 24.2 Å². The number of aryl methyl sites for hydroxylation is 1. The van der Waals surface area contributed by atoms with Crippen molar-refractivity contribution < 1.29 is 14.6 Å². The van der Waals surface area contributed by atoms with Crippen molar-refractivity contribution in [2.24, 2.45) is 13.0 Å². The summed E-state index contributed by atoms with van der Waals surface area (Å²) in [6.07, 6.45) is 3.29. The fraction of sp³-hybridized carbons (Fsp3) is 0.750. The third-order valence-corrected chi connectivity index (χ3v) is 4.75. The Labute approximate surface area is 130 Å². The van der Waals surface area contributed by atoms with E-state index in [0.717, 1.165) is 36.9 Å². The Morgan fingerprint density at radius 3 is 2.86 bits per heavy atom. The molecule has 2 heterocycles. The van der Waals surface area contributed by atoms with Crippen molar-refractivity contribution in [3.05, 3.63) is 17.0 Å². The van der Waals surface area contributed by atoms with E-state index in [1.54, 1.807) is 4.68 Å². The van der Waals surface area contributed by atoms with Crippen LogP contribution in [-0.4, -0.2) is 39.5 Å². The molecule has 1 saturated carbocycles. The zero-order valence-electron chi connectivity index (χ0n) is 13.5. The van der Waals surface area contributed by atoms with Gasteiger partial charge in [0.25, 0.3) is 5.91 Å². The number of ether oxygens (including phenoxy) is 1. The molecule has 1 aliphatic heterocycles. The van der Waals surface area contributed by atoms with Crippen LogP contribution in [0.3, 0.4) is 0 Å². The molecule has 0 aromatic carbocycles. The SMILES string of the molecule is C[C@@H]1Cc2c(nn(C)c2C(=O)NCCC2CC(O)C2)[C@H](C)O1. The standard InChI is InChI=1S/C16H25N3O3/c1-9-6-13-14(10(2)22-9)18-19(3)15(13)16(21)17-5-4-11-7-12(20)8-11/h9-12,20H,4-8H2,1-3H3,(H,17,21)/t9-,10+,11?,12?/m1/s1. The number of hydrogen-bond acceptors (Lipinski definition) is 4. The number of aromatic nitrogens is 2. The summed E-state index contributed by atoms with van der Waals surface area (Å²) in [5.74, 6) is 0.488. The van der Waals surface area contributed by atoms with Crippen LogP contribution in [0.1, 0.15) is 61.0 Å². The highest BCUT2D eigenvalue weighted by Gasteiger charge is 2.31. The molecule has 1 amide bonds. The second-order valence-electron chi connectivity index (χ2n) is 6.66. The highest BCUT2D eigenvalue weighted by molar-refractivity contribution is 5.94. The maximum atomic E-state index is 12.5. The molecule has 6 heteroatoms. The molecule has 1 aromatic rings. The lowest BCUT2D eigenvalue weighted by Crippen LogP contribution is -2.34. The van der Waals surface area contributed by atoms with Gasteiger partial charge in [-0.05, 0) is 39.0 Å². The Balaban J connectivity index is 1.65. The zero-order chi connectivity index (χ0) is 15.9. The smallest absolute Gasteiger partial charge is 0.269 e. The van der Waals surface area contributed by atoms with E-state index in [1.807, 2.05) is 20.9 Å². The molecule has 122 valence electrons. The Kier molecular flexibility index (Phi) is 4.23. The predicted octanol–water partition coefficient (Wildman–Crippen LogP) is 1.33. The summed E-state index contributed by atoms with van der Waals surface area (Å²) >= 11 is 0. The van der Waals surface area contributed by atoms with Gasteiger partial charge in [-0.1, -0.05) is 0 Å². The quantitative estimate of drug-likeness (QED) is 0.880. The Hall–Kier alpha value is -1.40. The topological polar surface area (TPSA) is 76.4 Å². The summed E-state index contributed by atoms with van der Waals surface area (Å²) in [6.45, 7) is 4.65. The number of carbonyl (C=O) groups is 1. The first-order valence-electron chi connectivity index (χ1n) is 8.13. The highest BCUT2D eigenvalue weighted by Crippen LogP contribution is 2.31. The molecule has 1 aliphatic carbocycles. The largest absolute Gasteiger partial charge is 0.393 e. The summed E-state index contributed by atoms with van der Waals surface area (Å²) in [7, 11) is 1.81. The summed E-state index contributed by atoms with van der Waals surface area (Å²) in [4.78, 5) is 12.5. The lowest BCUT2D eigenvalue weighted by molar-refractivity contribution is -0.00709. The van der Waals surface area contributed by atoms with Crippen LogP contribution in [0.25, 0.3) is 0 Å². The molecule has 0 saturated heterocycles. The van der Waals surface area contributed by atoms with Crippen LogP contribution >= 0.6 is 0 Å². The molecule has 6 nitrogen and oxygen atoms in total. The van der Waals surface area contributed by atoms with Gasteiger partial charge in [0.05, 0.1) is 24.0 Å². The fourth-order valence-corrected chi connectivity index (χ4v) is 3.56. The first-order chi connectivity index (χ1) is 10.5. The molecule has 0 bridgehead atoms. The lowest BCUT2D eigenvalue weighted by atomic mass is 9.80. The van der Waals surface area contributed by atoms with Gasteiger partial charge in [0.2, 0.25) is 0 Å². The van der Waals surface area contributed by atoms with Crippen LogP contribution in [0.5, 0.6) is 0 Å². The van der Waals surface area contributed by atoms with Crippen molar-refractivity contribution >= 4 is 5.91 Å². The van der Waals surface area contributed by atoms with Gasteiger partial charge in [-0.2, -0.15) is 5.10 Å². The van der Waals surface area contributed by atoms with Crippen molar-refractivity contribution in [2.75, 3.05) is 6.54 Å². The number of hydrogen-bond donors (Lipinski definition) is 2. The number of fused-ring (bicyclic) bond motifs is 1. The van der Waals surface area contributed by atoms with Crippen LogP contribution in [0.4, 0.5) is 0 Å². The molecule has 0 radical (unpaired) electrons. The molecule has 0 spiro atoms. The van der Waals surface area contributed by atoms with Crippen molar-refractivity contribution in [1.82, 2.24) is 15.1 Å². The van der Waals surface area contributed by atoms with Gasteiger partial charge in [0.1, 0.15) is 5.69 Å². The second-order valence-corrected chi connectivity index (χ2v) is 6.66. The van der Waals surface area contributed by atoms with E-state index in [9.17, 15) is 9.90 Å². The van der Waals surface area contributed by atoms with Gasteiger partial charge in [-0.15, -0.1) is 0 Å². The van der Waals surface area contributed by atoms with Gasteiger partial charge in [0, 0.05) is 25.6 Å². The van der Waals surface area contributed by atoms with Gasteiger partial charge in [-0.3, -0.25) is 9.48 Å². The minimum absolute atomic E-state index is 0.0579. The summed E-state index contributed by atoms with van der Waals surface area (Å²) in [5.41, 5.74) is 2.56. The van der Waals surface area contributed by atoms with Crippen molar-refractivity contribution in [2.45, 2.75) is 57.8 Å². The molecule has 2 N–H and O–H groups in total. The molecule has 1 aromatic heterocycles. The number of amides is 1. The van der Waals surface area contributed by atoms with Crippen molar-refractivity contribution in [1.29, 1.82) is 0 Å². The second kappa shape index (κ2) is 6.01. The van der Waals surface area contributed by atoms with Gasteiger partial charge >= 0.3 is 0 Å². The molecular weight excluding hydrogens is 282 g/mol. The van der Waals surface area contributed by atoms with Gasteiger partial charge in [0.15, 0.2) is 0 Å². The van der Waals surface area contributed by atoms with E-state index in [1.165, 1.54) is 0 Å². The van der Waals surface area contributed by atoms with Crippen LogP contribution in [0, 0.1) is 5.92 Å². The van der Waals surface area contributed by atoms with Crippen molar-refractivity contribution in [3.63, 3.8) is 0 Å². The minimum Gasteiger partial charge on any atom is -0.393 e. The van der Waals surface area contributed by atoms with E-state index >= 15 is 0 Å². The first-order valence-corrected chi connectivity index (χ1v) is 8.13. The summed E-state index contributed by atoms with van der Waals surface area (Å²) in [5, 5.41) is 16.7. The molecule has 3 rings (SSSR count). The predicted molar refractivity (Wildman–Crippen MR) is 81.6 cm³/mol. The maximum absolute atomic E-state index is 12.5. The molecule has 2 aliphatic rings. The summed E-state index contributed by atoms with van der Waals surface area (Å²) < 4.78 is 7.45. The van der Waals surface area contributed by atoms with E-state index in [0.29, 0.717) is 18.2 Å². The summed E-state index contributed by atoms with van der Waals surface area (Å²) in [6, 6.07) is 0. The van der Waals surface area contributed by atoms with Crippen LogP contribution in [-0.2, 0) is 18.2 Å². The first kappa shape index (κ1) is 15.5. The zero-order valence-corrected chi connectivity index (χ0v) is 13.5. The Morgan fingerprint density at radius 1 is 1.45 bits per heavy atom. The van der Waals surface area contributed by atoms with Crippen LogP contribution in [0.2, 0.25) is 0 Å².